The summed E-state index contributed by atoms with van der Waals surface area (Å²) in [6, 6.07) is 8.94. The smallest absolute Gasteiger partial charge is 0.304 e. The van der Waals surface area contributed by atoms with Gasteiger partial charge in [0.05, 0.1) is 18.1 Å². The van der Waals surface area contributed by atoms with E-state index in [1.807, 2.05) is 6.07 Å². The molecule has 4 nitrogen and oxygen atoms in total. The molecule has 0 aliphatic carbocycles. The Kier molecular flexibility index (Phi) is 3.64. The van der Waals surface area contributed by atoms with E-state index in [4.69, 9.17) is 16.1 Å². The van der Waals surface area contributed by atoms with Crippen LogP contribution < -0.4 is 5.73 Å². The van der Waals surface area contributed by atoms with Gasteiger partial charge in [-0.2, -0.15) is 5.26 Å². The molecule has 0 saturated carbocycles. The molecule has 0 aliphatic rings. The molecular weight excluding hydrogens is 204 g/mol. The monoisotopic (exact) mass is 218 g/mol. The van der Waals surface area contributed by atoms with E-state index in [1.165, 1.54) is 0 Å². The summed E-state index contributed by atoms with van der Waals surface area (Å²) >= 11 is 0. The molecule has 1 aromatic rings. The molecule has 0 radical (unpaired) electrons. The van der Waals surface area contributed by atoms with Crippen LogP contribution in [-0.2, 0) is 10.2 Å². The first kappa shape index (κ1) is 12.2. The maximum atomic E-state index is 10.8. The van der Waals surface area contributed by atoms with E-state index in [0.717, 1.165) is 5.56 Å². The average molecular weight is 218 g/mol. The van der Waals surface area contributed by atoms with Gasteiger partial charge >= 0.3 is 5.97 Å². The number of carboxylic acid groups (broad SMARTS) is 1. The lowest BCUT2D eigenvalue weighted by molar-refractivity contribution is -0.138. The molecule has 4 heteroatoms. The molecule has 16 heavy (non-hydrogen) atoms. The summed E-state index contributed by atoms with van der Waals surface area (Å²) in [6.45, 7) is 2.02. The summed E-state index contributed by atoms with van der Waals surface area (Å²) in [7, 11) is 0. The van der Waals surface area contributed by atoms with Crippen molar-refractivity contribution in [1.82, 2.24) is 0 Å². The molecule has 1 atom stereocenters. The molecule has 0 fully saturated rings. The second-order valence-electron chi connectivity index (χ2n) is 4.03. The molecule has 1 aromatic carbocycles. The number of hydrogen-bond acceptors (Lipinski definition) is 3. The quantitative estimate of drug-likeness (QED) is 0.796. The van der Waals surface area contributed by atoms with Gasteiger partial charge in [0.1, 0.15) is 0 Å². The molecule has 84 valence electrons. The number of nitrogens with zero attached hydrogens (tertiary/aromatic N) is 1. The van der Waals surface area contributed by atoms with Crippen LogP contribution in [-0.4, -0.2) is 17.6 Å². The van der Waals surface area contributed by atoms with E-state index in [9.17, 15) is 4.79 Å². The number of carboxylic acids is 1. The van der Waals surface area contributed by atoms with Gasteiger partial charge in [0.25, 0.3) is 0 Å². The molecule has 1 rings (SSSR count). The van der Waals surface area contributed by atoms with Crippen LogP contribution in [0.4, 0.5) is 0 Å². The minimum absolute atomic E-state index is 0.0433. The van der Waals surface area contributed by atoms with E-state index in [-0.39, 0.29) is 13.0 Å². The van der Waals surface area contributed by atoms with Crippen molar-refractivity contribution in [3.8, 4) is 6.07 Å². The molecule has 0 spiro atoms. The minimum atomic E-state index is -0.893. The van der Waals surface area contributed by atoms with Crippen molar-refractivity contribution in [1.29, 1.82) is 5.26 Å². The van der Waals surface area contributed by atoms with Gasteiger partial charge in [0.15, 0.2) is 0 Å². The van der Waals surface area contributed by atoms with Gasteiger partial charge in [-0.3, -0.25) is 4.79 Å². The Morgan fingerprint density at radius 1 is 1.62 bits per heavy atom. The van der Waals surface area contributed by atoms with Gasteiger partial charge in [0, 0.05) is 12.0 Å². The lowest BCUT2D eigenvalue weighted by Crippen LogP contribution is -2.34. The Balaban J connectivity index is 3.12. The Labute approximate surface area is 94.3 Å². The molecule has 3 N–H and O–H groups in total. The number of hydrogen-bond donors (Lipinski definition) is 2. The van der Waals surface area contributed by atoms with Crippen LogP contribution >= 0.6 is 0 Å². The first-order chi connectivity index (χ1) is 7.51. The summed E-state index contributed by atoms with van der Waals surface area (Å²) in [5.74, 6) is -0.893. The van der Waals surface area contributed by atoms with Crippen molar-refractivity contribution < 1.29 is 9.90 Å². The highest BCUT2D eigenvalue weighted by atomic mass is 16.4. The number of nitrogens with two attached hydrogens (primary N) is 1. The first-order valence-corrected chi connectivity index (χ1v) is 4.94. The summed E-state index contributed by atoms with van der Waals surface area (Å²) < 4.78 is 0. The van der Waals surface area contributed by atoms with Crippen LogP contribution in [0.2, 0.25) is 0 Å². The molecule has 0 saturated heterocycles. The molecule has 0 aromatic heterocycles. The summed E-state index contributed by atoms with van der Waals surface area (Å²) in [5, 5.41) is 17.6. The van der Waals surface area contributed by atoms with Crippen molar-refractivity contribution in [3.63, 3.8) is 0 Å². The number of benzene rings is 1. The number of aliphatic carboxylic acids is 1. The van der Waals surface area contributed by atoms with E-state index < -0.39 is 11.4 Å². The van der Waals surface area contributed by atoms with Gasteiger partial charge in [-0.05, 0) is 17.7 Å². The van der Waals surface area contributed by atoms with Crippen molar-refractivity contribution in [3.05, 3.63) is 35.4 Å². The number of carbonyl (C=O) groups is 1. The highest BCUT2D eigenvalue weighted by Gasteiger charge is 2.28. The van der Waals surface area contributed by atoms with E-state index in [0.29, 0.717) is 5.56 Å². The lowest BCUT2D eigenvalue weighted by atomic mass is 9.79. The van der Waals surface area contributed by atoms with Gasteiger partial charge in [0.2, 0.25) is 0 Å². The summed E-state index contributed by atoms with van der Waals surface area (Å²) in [5.41, 5.74) is 6.31. The summed E-state index contributed by atoms with van der Waals surface area (Å²) in [4.78, 5) is 10.8. The Bertz CT molecular complexity index is 437. The average Bonchev–Trinajstić information content (AvgIpc) is 2.28. The van der Waals surface area contributed by atoms with Crippen molar-refractivity contribution in [2.24, 2.45) is 5.73 Å². The van der Waals surface area contributed by atoms with Crippen LogP contribution in [0.1, 0.15) is 24.5 Å². The van der Waals surface area contributed by atoms with Crippen molar-refractivity contribution in [2.75, 3.05) is 6.54 Å². The van der Waals surface area contributed by atoms with Crippen LogP contribution in [0.5, 0.6) is 0 Å². The fourth-order valence-corrected chi connectivity index (χ4v) is 1.59. The maximum Gasteiger partial charge on any atom is 0.304 e. The van der Waals surface area contributed by atoms with E-state index >= 15 is 0 Å². The number of nitriles is 1. The van der Waals surface area contributed by atoms with Crippen LogP contribution in [0.25, 0.3) is 0 Å². The zero-order valence-electron chi connectivity index (χ0n) is 9.10. The fraction of sp³-hybridized carbons (Fsp3) is 0.333. The highest BCUT2D eigenvalue weighted by Crippen LogP contribution is 2.27. The predicted octanol–water partition coefficient (Wildman–Crippen LogP) is 1.25. The zero-order chi connectivity index (χ0) is 12.2. The SMILES string of the molecule is CC(CN)(CC(=O)O)c1cccc(C#N)c1. The van der Waals surface area contributed by atoms with E-state index in [1.54, 1.807) is 31.2 Å². The third kappa shape index (κ3) is 2.59. The molecule has 0 amide bonds. The molecule has 0 bridgehead atoms. The van der Waals surface area contributed by atoms with Gasteiger partial charge in [-0.15, -0.1) is 0 Å². The Morgan fingerprint density at radius 3 is 2.81 bits per heavy atom. The third-order valence-electron chi connectivity index (χ3n) is 2.68. The standard InChI is InChI=1S/C12H14N2O2/c1-12(8-14,6-11(15)16)10-4-2-3-9(5-10)7-13/h2-5H,6,8,14H2,1H3,(H,15,16). The van der Waals surface area contributed by atoms with Crippen molar-refractivity contribution in [2.45, 2.75) is 18.8 Å². The fourth-order valence-electron chi connectivity index (χ4n) is 1.59. The van der Waals surface area contributed by atoms with E-state index in [2.05, 4.69) is 0 Å². The van der Waals surface area contributed by atoms with Gasteiger partial charge < -0.3 is 10.8 Å². The Morgan fingerprint density at radius 2 is 2.31 bits per heavy atom. The largest absolute Gasteiger partial charge is 0.481 e. The number of rotatable bonds is 4. The van der Waals surface area contributed by atoms with Crippen LogP contribution in [0.3, 0.4) is 0 Å². The van der Waals surface area contributed by atoms with Crippen molar-refractivity contribution >= 4 is 5.97 Å². The first-order valence-electron chi connectivity index (χ1n) is 4.94. The second kappa shape index (κ2) is 4.77. The minimum Gasteiger partial charge on any atom is -0.481 e. The summed E-state index contributed by atoms with van der Waals surface area (Å²) in [6.07, 6.45) is -0.0433. The highest BCUT2D eigenvalue weighted by molar-refractivity contribution is 5.69. The van der Waals surface area contributed by atoms with Crippen LogP contribution in [0.15, 0.2) is 24.3 Å². The Hall–Kier alpha value is -1.86. The lowest BCUT2D eigenvalue weighted by Gasteiger charge is -2.26. The molecule has 0 aliphatic heterocycles. The maximum absolute atomic E-state index is 10.8. The molecule has 1 unspecified atom stereocenters. The molecular formula is C12H14N2O2. The van der Waals surface area contributed by atoms with Crippen LogP contribution in [0, 0.1) is 11.3 Å². The molecule has 0 heterocycles. The normalized spacial score (nSPS) is 13.8. The second-order valence-corrected chi connectivity index (χ2v) is 4.03. The van der Waals surface area contributed by atoms with Gasteiger partial charge in [-0.25, -0.2) is 0 Å². The third-order valence-corrected chi connectivity index (χ3v) is 2.68. The predicted molar refractivity (Wildman–Crippen MR) is 59.8 cm³/mol. The topological polar surface area (TPSA) is 87.1 Å². The zero-order valence-corrected chi connectivity index (χ0v) is 9.10. The van der Waals surface area contributed by atoms with Gasteiger partial charge in [-0.1, -0.05) is 19.1 Å².